The largest absolute Gasteiger partial charge is 0.423 e. The minimum Gasteiger partial charge on any atom is -0.423 e. The predicted molar refractivity (Wildman–Crippen MR) is 47.3 cm³/mol. The normalized spacial score (nSPS) is 9.85. The fourth-order valence-corrected chi connectivity index (χ4v) is 0.757. The van der Waals surface area contributed by atoms with Crippen molar-refractivity contribution in [3.8, 4) is 5.75 Å². The monoisotopic (exact) mass is 176 g/mol. The van der Waals surface area contributed by atoms with Crippen molar-refractivity contribution in [1.82, 2.24) is 0 Å². The molecule has 66 valence electrons. The number of hydrogen-bond acceptors (Lipinski definition) is 3. The Hall–Kier alpha value is -1.90. The first kappa shape index (κ1) is 9.19. The number of aldehydes is 1. The molecule has 0 aliphatic rings. The van der Waals surface area contributed by atoms with Crippen LogP contribution in [0.1, 0.15) is 0 Å². The molecule has 13 heavy (non-hydrogen) atoms. The summed E-state index contributed by atoms with van der Waals surface area (Å²) in [4.78, 5) is 20.8. The Morgan fingerprint density at radius 3 is 2.54 bits per heavy atom. The average molecular weight is 176 g/mol. The van der Waals surface area contributed by atoms with Gasteiger partial charge in [-0.05, 0) is 18.2 Å². The highest BCUT2D eigenvalue weighted by atomic mass is 16.5. The molecule has 0 fully saturated rings. The van der Waals surface area contributed by atoms with Gasteiger partial charge in [0.25, 0.3) is 0 Å². The SMILES string of the molecule is O=CC=CC(=O)Oc1ccccc1. The van der Waals surface area contributed by atoms with Gasteiger partial charge in [0.2, 0.25) is 0 Å². The Morgan fingerprint density at radius 2 is 1.92 bits per heavy atom. The van der Waals surface area contributed by atoms with E-state index in [-0.39, 0.29) is 0 Å². The van der Waals surface area contributed by atoms with Crippen LogP contribution in [0.25, 0.3) is 0 Å². The zero-order chi connectivity index (χ0) is 9.52. The minimum absolute atomic E-state index is 0.461. The highest BCUT2D eigenvalue weighted by Gasteiger charge is 1.97. The van der Waals surface area contributed by atoms with Crippen LogP contribution < -0.4 is 4.74 Å². The molecule has 3 nitrogen and oxygen atoms in total. The van der Waals surface area contributed by atoms with Gasteiger partial charge in [0, 0.05) is 6.08 Å². The molecular formula is C10H8O3. The first-order chi connectivity index (χ1) is 6.33. The Balaban J connectivity index is 2.55. The molecule has 1 rings (SSSR count). The number of hydrogen-bond donors (Lipinski definition) is 0. The molecular weight excluding hydrogens is 168 g/mol. The van der Waals surface area contributed by atoms with Crippen molar-refractivity contribution in [2.24, 2.45) is 0 Å². The molecule has 1 aromatic rings. The van der Waals surface area contributed by atoms with Crippen molar-refractivity contribution in [2.75, 3.05) is 0 Å². The van der Waals surface area contributed by atoms with Gasteiger partial charge in [-0.25, -0.2) is 4.79 Å². The maximum atomic E-state index is 10.9. The van der Waals surface area contributed by atoms with Gasteiger partial charge in [0.05, 0.1) is 0 Å². The van der Waals surface area contributed by atoms with Gasteiger partial charge in [-0.2, -0.15) is 0 Å². The first-order valence-corrected chi connectivity index (χ1v) is 3.71. The number of esters is 1. The molecule has 0 heterocycles. The zero-order valence-corrected chi connectivity index (χ0v) is 6.84. The molecule has 0 aromatic heterocycles. The van der Waals surface area contributed by atoms with Crippen LogP contribution in [0.15, 0.2) is 42.5 Å². The molecule has 0 amide bonds. The number of para-hydroxylation sites is 1. The Labute approximate surface area is 75.6 Å². The lowest BCUT2D eigenvalue weighted by molar-refractivity contribution is -0.129. The molecule has 0 unspecified atom stereocenters. The first-order valence-electron chi connectivity index (χ1n) is 3.71. The lowest BCUT2D eigenvalue weighted by Crippen LogP contribution is -2.03. The number of carbonyl (C=O) groups excluding carboxylic acids is 2. The van der Waals surface area contributed by atoms with E-state index in [9.17, 15) is 9.59 Å². The van der Waals surface area contributed by atoms with E-state index in [2.05, 4.69) is 0 Å². The van der Waals surface area contributed by atoms with Gasteiger partial charge in [0.1, 0.15) is 12.0 Å². The summed E-state index contributed by atoms with van der Waals surface area (Å²) in [7, 11) is 0. The van der Waals surface area contributed by atoms with Gasteiger partial charge in [0.15, 0.2) is 0 Å². The van der Waals surface area contributed by atoms with Crippen LogP contribution in [0.4, 0.5) is 0 Å². The molecule has 0 saturated carbocycles. The number of rotatable bonds is 3. The van der Waals surface area contributed by atoms with Crippen LogP contribution >= 0.6 is 0 Å². The maximum Gasteiger partial charge on any atom is 0.336 e. The standard InChI is InChI=1S/C10H8O3/c11-8-4-7-10(12)13-9-5-2-1-3-6-9/h1-8H. The summed E-state index contributed by atoms with van der Waals surface area (Å²) in [6, 6.07) is 8.65. The average Bonchev–Trinajstić information content (AvgIpc) is 2.16. The molecule has 0 aliphatic heterocycles. The molecule has 0 N–H and O–H groups in total. The van der Waals surface area contributed by atoms with Crippen LogP contribution in [0.2, 0.25) is 0 Å². The number of ether oxygens (including phenoxy) is 1. The second-order valence-electron chi connectivity index (χ2n) is 2.23. The summed E-state index contributed by atoms with van der Waals surface area (Å²) < 4.78 is 4.83. The molecule has 1 aromatic carbocycles. The highest BCUT2D eigenvalue weighted by Crippen LogP contribution is 2.08. The topological polar surface area (TPSA) is 43.4 Å². The van der Waals surface area contributed by atoms with Gasteiger partial charge >= 0.3 is 5.97 Å². The van der Waals surface area contributed by atoms with Crippen LogP contribution in [0, 0.1) is 0 Å². The van der Waals surface area contributed by atoms with E-state index in [1.165, 1.54) is 0 Å². The lowest BCUT2D eigenvalue weighted by atomic mass is 10.3. The number of allylic oxidation sites excluding steroid dienone is 1. The summed E-state index contributed by atoms with van der Waals surface area (Å²) in [5, 5.41) is 0. The minimum atomic E-state index is -0.557. The highest BCUT2D eigenvalue weighted by molar-refractivity contribution is 5.87. The van der Waals surface area contributed by atoms with E-state index in [0.29, 0.717) is 12.0 Å². The van der Waals surface area contributed by atoms with Crippen molar-refractivity contribution in [2.45, 2.75) is 0 Å². The summed E-state index contributed by atoms with van der Waals surface area (Å²) in [5.41, 5.74) is 0. The Bertz CT molecular complexity index is 314. The van der Waals surface area contributed by atoms with Crippen LogP contribution in [0.3, 0.4) is 0 Å². The van der Waals surface area contributed by atoms with E-state index >= 15 is 0 Å². The molecule has 0 saturated heterocycles. The molecule has 0 bridgehead atoms. The predicted octanol–water partition coefficient (Wildman–Crippen LogP) is 1.35. The van der Waals surface area contributed by atoms with E-state index in [1.807, 2.05) is 6.07 Å². The number of carbonyl (C=O) groups is 2. The van der Waals surface area contributed by atoms with Crippen molar-refractivity contribution in [3.63, 3.8) is 0 Å². The smallest absolute Gasteiger partial charge is 0.336 e. The second kappa shape index (κ2) is 4.87. The molecule has 0 radical (unpaired) electrons. The van der Waals surface area contributed by atoms with Crippen LogP contribution in [0.5, 0.6) is 5.75 Å². The van der Waals surface area contributed by atoms with Crippen LogP contribution in [-0.4, -0.2) is 12.3 Å². The summed E-state index contributed by atoms with van der Waals surface area (Å²) in [6.07, 6.45) is 2.68. The van der Waals surface area contributed by atoms with Gasteiger partial charge in [-0.15, -0.1) is 0 Å². The van der Waals surface area contributed by atoms with E-state index in [0.717, 1.165) is 12.2 Å². The van der Waals surface area contributed by atoms with E-state index < -0.39 is 5.97 Å². The summed E-state index contributed by atoms with van der Waals surface area (Å²) in [5.74, 6) is -0.0960. The summed E-state index contributed by atoms with van der Waals surface area (Å²) in [6.45, 7) is 0. The maximum absolute atomic E-state index is 10.9. The fraction of sp³-hybridized carbons (Fsp3) is 0. The third-order valence-corrected chi connectivity index (χ3v) is 1.27. The molecule has 0 spiro atoms. The van der Waals surface area contributed by atoms with Crippen molar-refractivity contribution in [3.05, 3.63) is 42.5 Å². The van der Waals surface area contributed by atoms with Gasteiger partial charge < -0.3 is 4.74 Å². The van der Waals surface area contributed by atoms with Gasteiger partial charge in [-0.3, -0.25) is 4.79 Å². The third-order valence-electron chi connectivity index (χ3n) is 1.27. The van der Waals surface area contributed by atoms with Crippen molar-refractivity contribution < 1.29 is 14.3 Å². The second-order valence-corrected chi connectivity index (χ2v) is 2.23. The van der Waals surface area contributed by atoms with Crippen molar-refractivity contribution >= 4 is 12.3 Å². The Morgan fingerprint density at radius 1 is 1.23 bits per heavy atom. The Kier molecular flexibility index (Phi) is 3.45. The molecule has 0 atom stereocenters. The zero-order valence-electron chi connectivity index (χ0n) is 6.84. The van der Waals surface area contributed by atoms with E-state index in [4.69, 9.17) is 4.74 Å². The van der Waals surface area contributed by atoms with Gasteiger partial charge in [-0.1, -0.05) is 18.2 Å². The van der Waals surface area contributed by atoms with E-state index in [1.54, 1.807) is 24.3 Å². The molecule has 3 heteroatoms. The summed E-state index contributed by atoms with van der Waals surface area (Å²) >= 11 is 0. The molecule has 0 aliphatic carbocycles. The quantitative estimate of drug-likeness (QED) is 0.302. The lowest BCUT2D eigenvalue weighted by Gasteiger charge is -1.98. The van der Waals surface area contributed by atoms with Crippen LogP contribution in [-0.2, 0) is 9.59 Å². The van der Waals surface area contributed by atoms with Crippen molar-refractivity contribution in [1.29, 1.82) is 0 Å². The number of benzene rings is 1. The third kappa shape index (κ3) is 3.33. The fourth-order valence-electron chi connectivity index (χ4n) is 0.757.